The van der Waals surface area contributed by atoms with Gasteiger partial charge in [-0.2, -0.15) is 0 Å². The average molecular weight is 487 g/mol. The summed E-state index contributed by atoms with van der Waals surface area (Å²) < 4.78 is 2.20. The lowest BCUT2D eigenvalue weighted by Crippen LogP contribution is -2.44. The van der Waals surface area contributed by atoms with E-state index < -0.39 is 12.0 Å². The van der Waals surface area contributed by atoms with Crippen molar-refractivity contribution in [2.45, 2.75) is 25.4 Å². The number of likely N-dealkylation sites (tertiary alicyclic amines) is 1. The zero-order valence-corrected chi connectivity index (χ0v) is 17.9. The number of hydrogen-bond acceptors (Lipinski definition) is 6. The van der Waals surface area contributed by atoms with Gasteiger partial charge in [-0.1, -0.05) is 6.07 Å². The predicted octanol–water partition coefficient (Wildman–Crippen LogP) is 2.10. The number of anilines is 2. The van der Waals surface area contributed by atoms with Gasteiger partial charge in [-0.15, -0.1) is 0 Å². The zero-order chi connectivity index (χ0) is 22.1. The summed E-state index contributed by atoms with van der Waals surface area (Å²) >= 11 is 3.26. The van der Waals surface area contributed by atoms with Crippen molar-refractivity contribution in [1.82, 2.24) is 19.4 Å². The van der Waals surface area contributed by atoms with Crippen LogP contribution >= 0.6 is 15.9 Å². The third kappa shape index (κ3) is 4.08. The molecule has 0 bridgehead atoms. The van der Waals surface area contributed by atoms with Gasteiger partial charge in [0.1, 0.15) is 34.2 Å². The molecule has 4 rings (SSSR count). The molecule has 4 heterocycles. The molecule has 1 aliphatic rings. The summed E-state index contributed by atoms with van der Waals surface area (Å²) in [4.78, 5) is 46.9. The molecule has 160 valence electrons. The van der Waals surface area contributed by atoms with Crippen LogP contribution in [0.15, 0.2) is 41.3 Å². The van der Waals surface area contributed by atoms with Gasteiger partial charge in [0.2, 0.25) is 11.8 Å². The molecule has 11 heteroatoms. The van der Waals surface area contributed by atoms with Gasteiger partial charge in [0, 0.05) is 24.3 Å². The molecule has 1 atom stereocenters. The largest absolute Gasteiger partial charge is 0.478 e. The highest BCUT2D eigenvalue weighted by atomic mass is 79.9. The monoisotopic (exact) mass is 486 g/mol. The Morgan fingerprint density at radius 1 is 1.29 bits per heavy atom. The first-order chi connectivity index (χ1) is 14.8. The maximum Gasteiger partial charge on any atom is 0.339 e. The minimum atomic E-state index is -1.17. The molecule has 1 aliphatic heterocycles. The second-order valence-corrected chi connectivity index (χ2v) is 7.96. The fourth-order valence-electron chi connectivity index (χ4n) is 3.72. The smallest absolute Gasteiger partial charge is 0.339 e. The maximum absolute atomic E-state index is 13.0. The van der Waals surface area contributed by atoms with Gasteiger partial charge in [-0.05, 0) is 47.0 Å². The topological polar surface area (TPSA) is 143 Å². The highest BCUT2D eigenvalue weighted by molar-refractivity contribution is 9.10. The highest BCUT2D eigenvalue weighted by Gasteiger charge is 2.34. The number of halogens is 1. The first-order valence-corrected chi connectivity index (χ1v) is 10.3. The van der Waals surface area contributed by atoms with Crippen LogP contribution < -0.4 is 11.1 Å². The van der Waals surface area contributed by atoms with Crippen molar-refractivity contribution >= 4 is 56.3 Å². The number of carboxylic acids is 1. The number of hydrogen-bond donors (Lipinski definition) is 3. The summed E-state index contributed by atoms with van der Waals surface area (Å²) in [5.74, 6) is -1.28. The van der Waals surface area contributed by atoms with Crippen LogP contribution in [0, 0.1) is 0 Å². The lowest BCUT2D eigenvalue weighted by atomic mass is 10.2. The quantitative estimate of drug-likeness (QED) is 0.468. The second kappa shape index (κ2) is 8.34. The SMILES string of the molecule is Nc1c(C(=O)O)cnc2c1ccn2CC(=O)N1CCC[C@H]1C(=O)Nc1cccc(Br)n1. The number of carboxylic acid groups (broad SMARTS) is 1. The summed E-state index contributed by atoms with van der Waals surface area (Å²) in [5.41, 5.74) is 6.36. The van der Waals surface area contributed by atoms with Gasteiger partial charge in [0.05, 0.1) is 5.69 Å². The number of amides is 2. The van der Waals surface area contributed by atoms with Crippen molar-refractivity contribution in [3.8, 4) is 0 Å². The van der Waals surface area contributed by atoms with Crippen LogP contribution in [0.2, 0.25) is 0 Å². The molecule has 1 fully saturated rings. The summed E-state index contributed by atoms with van der Waals surface area (Å²) in [5, 5.41) is 12.4. The summed E-state index contributed by atoms with van der Waals surface area (Å²) in [6.45, 7) is 0.433. The molecule has 0 spiro atoms. The molecule has 31 heavy (non-hydrogen) atoms. The van der Waals surface area contributed by atoms with E-state index in [1.54, 1.807) is 39.9 Å². The van der Waals surface area contributed by atoms with Crippen LogP contribution in [0.25, 0.3) is 11.0 Å². The standard InChI is InChI=1S/C20H19BrN6O4/c21-14-4-1-5-15(24-14)25-19(29)13-3-2-7-27(13)16(28)10-26-8-6-11-17(22)12(20(30)31)9-23-18(11)26/h1,4-6,8-9,13H,2-3,7,10H2,(H2,22,23)(H,30,31)(H,24,25,29)/t13-/m0/s1. The van der Waals surface area contributed by atoms with E-state index in [1.807, 2.05) is 0 Å². The van der Waals surface area contributed by atoms with E-state index in [4.69, 9.17) is 5.73 Å². The van der Waals surface area contributed by atoms with Crippen LogP contribution in [0.5, 0.6) is 0 Å². The molecule has 3 aromatic heterocycles. The van der Waals surface area contributed by atoms with Crippen molar-refractivity contribution in [2.24, 2.45) is 0 Å². The van der Waals surface area contributed by atoms with Gasteiger partial charge in [-0.25, -0.2) is 14.8 Å². The molecule has 0 aliphatic carbocycles. The zero-order valence-electron chi connectivity index (χ0n) is 16.3. The van der Waals surface area contributed by atoms with Crippen LogP contribution in [-0.2, 0) is 16.1 Å². The molecule has 0 unspecified atom stereocenters. The Labute approximate surface area is 185 Å². The number of aromatic carboxylic acids is 1. The number of nitrogens with two attached hydrogens (primary N) is 1. The van der Waals surface area contributed by atoms with E-state index in [-0.39, 0.29) is 29.6 Å². The summed E-state index contributed by atoms with van der Waals surface area (Å²) in [6.07, 6.45) is 4.09. The number of carbonyl (C=O) groups is 3. The number of nitrogen functional groups attached to an aromatic ring is 1. The molecule has 2 amide bonds. The Morgan fingerprint density at radius 2 is 2.10 bits per heavy atom. The van der Waals surface area contributed by atoms with Gasteiger partial charge in [0.25, 0.3) is 0 Å². The van der Waals surface area contributed by atoms with Crippen LogP contribution in [-0.4, -0.2) is 54.9 Å². The summed E-state index contributed by atoms with van der Waals surface area (Å²) in [7, 11) is 0. The van der Waals surface area contributed by atoms with Crippen molar-refractivity contribution in [3.63, 3.8) is 0 Å². The minimum Gasteiger partial charge on any atom is -0.478 e. The third-order valence-corrected chi connectivity index (χ3v) is 5.65. The van der Waals surface area contributed by atoms with E-state index in [0.717, 1.165) is 6.42 Å². The lowest BCUT2D eigenvalue weighted by Gasteiger charge is -2.24. The molecule has 0 aromatic carbocycles. The van der Waals surface area contributed by atoms with Gasteiger partial charge >= 0.3 is 5.97 Å². The average Bonchev–Trinajstić information content (AvgIpc) is 3.36. The fourth-order valence-corrected chi connectivity index (χ4v) is 4.06. The Bertz CT molecular complexity index is 1190. The van der Waals surface area contributed by atoms with Gasteiger partial charge in [0.15, 0.2) is 0 Å². The first kappa shape index (κ1) is 20.8. The van der Waals surface area contributed by atoms with Crippen LogP contribution in [0.4, 0.5) is 11.5 Å². The predicted molar refractivity (Wildman–Crippen MR) is 116 cm³/mol. The van der Waals surface area contributed by atoms with E-state index in [9.17, 15) is 19.5 Å². The molecule has 10 nitrogen and oxygen atoms in total. The van der Waals surface area contributed by atoms with E-state index >= 15 is 0 Å². The summed E-state index contributed by atoms with van der Waals surface area (Å²) in [6, 6.07) is 6.23. The number of nitrogens with zero attached hydrogens (tertiary/aromatic N) is 4. The van der Waals surface area contributed by atoms with Crippen molar-refractivity contribution in [2.75, 3.05) is 17.6 Å². The lowest BCUT2D eigenvalue weighted by molar-refractivity contribution is -0.137. The minimum absolute atomic E-state index is 0.0404. The number of nitrogens with one attached hydrogen (secondary N) is 1. The van der Waals surface area contributed by atoms with Crippen molar-refractivity contribution in [3.05, 3.63) is 46.8 Å². The Hall–Kier alpha value is -3.47. The number of pyridine rings is 2. The molecule has 1 saturated heterocycles. The normalized spacial score (nSPS) is 15.9. The number of aromatic nitrogens is 3. The van der Waals surface area contributed by atoms with E-state index in [2.05, 4.69) is 31.2 Å². The molecular formula is C20H19BrN6O4. The molecule has 0 radical (unpaired) electrons. The number of rotatable bonds is 5. The van der Waals surface area contributed by atoms with Crippen molar-refractivity contribution in [1.29, 1.82) is 0 Å². The fraction of sp³-hybridized carbons (Fsp3) is 0.250. The van der Waals surface area contributed by atoms with Gasteiger partial charge < -0.3 is 25.6 Å². The number of carbonyl (C=O) groups excluding carboxylic acids is 2. The number of fused-ring (bicyclic) bond motifs is 1. The molecule has 0 saturated carbocycles. The Balaban J connectivity index is 1.51. The van der Waals surface area contributed by atoms with E-state index in [0.29, 0.717) is 34.4 Å². The Kier molecular flexibility index (Phi) is 5.59. The van der Waals surface area contributed by atoms with Gasteiger partial charge in [-0.3, -0.25) is 9.59 Å². The third-order valence-electron chi connectivity index (χ3n) is 5.21. The van der Waals surface area contributed by atoms with Crippen molar-refractivity contribution < 1.29 is 19.5 Å². The molecular weight excluding hydrogens is 468 g/mol. The molecule has 4 N–H and O–H groups in total. The van der Waals surface area contributed by atoms with Crippen LogP contribution in [0.3, 0.4) is 0 Å². The van der Waals surface area contributed by atoms with E-state index in [1.165, 1.54) is 6.20 Å². The highest BCUT2D eigenvalue weighted by Crippen LogP contribution is 2.25. The maximum atomic E-state index is 13.0. The molecule has 3 aromatic rings. The second-order valence-electron chi connectivity index (χ2n) is 7.15. The Morgan fingerprint density at radius 3 is 2.84 bits per heavy atom. The first-order valence-electron chi connectivity index (χ1n) is 9.54. The van der Waals surface area contributed by atoms with Crippen LogP contribution in [0.1, 0.15) is 23.2 Å².